The summed E-state index contributed by atoms with van der Waals surface area (Å²) < 4.78 is 10.5. The maximum Gasteiger partial charge on any atom is 0.161 e. The Bertz CT molecular complexity index is 427. The van der Waals surface area contributed by atoms with Gasteiger partial charge >= 0.3 is 0 Å². The van der Waals surface area contributed by atoms with Gasteiger partial charge in [-0.3, -0.25) is 0 Å². The zero-order valence-electron chi connectivity index (χ0n) is 9.49. The van der Waals surface area contributed by atoms with E-state index < -0.39 is 0 Å². The fourth-order valence-corrected chi connectivity index (χ4v) is 2.08. The van der Waals surface area contributed by atoms with Crippen LogP contribution in [-0.4, -0.2) is 25.1 Å². The zero-order chi connectivity index (χ0) is 11.5. The predicted octanol–water partition coefficient (Wildman–Crippen LogP) is 2.22. The van der Waals surface area contributed by atoms with Crippen LogP contribution in [0.15, 0.2) is 17.3 Å². The van der Waals surface area contributed by atoms with Crippen molar-refractivity contribution in [1.82, 2.24) is 0 Å². The number of hydrogen-bond acceptors (Lipinski definition) is 4. The summed E-state index contributed by atoms with van der Waals surface area (Å²) in [5.41, 5.74) is 2.84. The molecule has 0 amide bonds. The molecular formula is C12H15NO3. The maximum atomic E-state index is 8.94. The van der Waals surface area contributed by atoms with Gasteiger partial charge in [-0.2, -0.15) is 0 Å². The highest BCUT2D eigenvalue weighted by Gasteiger charge is 2.19. The molecule has 0 bridgehead atoms. The highest BCUT2D eigenvalue weighted by Crippen LogP contribution is 2.34. The normalized spacial score (nSPS) is 17.0. The van der Waals surface area contributed by atoms with E-state index in [9.17, 15) is 0 Å². The van der Waals surface area contributed by atoms with Crippen molar-refractivity contribution in [2.75, 3.05) is 14.2 Å². The number of fused-ring (bicyclic) bond motifs is 1. The summed E-state index contributed by atoms with van der Waals surface area (Å²) in [4.78, 5) is 0. The molecule has 1 aromatic rings. The molecule has 1 aliphatic rings. The third kappa shape index (κ3) is 1.71. The largest absolute Gasteiger partial charge is 0.493 e. The van der Waals surface area contributed by atoms with Crippen LogP contribution in [0.5, 0.6) is 11.5 Å². The lowest BCUT2D eigenvalue weighted by Crippen LogP contribution is -2.12. The average molecular weight is 221 g/mol. The second-order valence-electron chi connectivity index (χ2n) is 3.76. The molecule has 0 fully saturated rings. The number of oxime groups is 1. The van der Waals surface area contributed by atoms with Gasteiger partial charge in [0.15, 0.2) is 11.5 Å². The number of benzene rings is 1. The number of hydrogen-bond donors (Lipinski definition) is 1. The van der Waals surface area contributed by atoms with Gasteiger partial charge in [-0.1, -0.05) is 5.16 Å². The summed E-state index contributed by atoms with van der Waals surface area (Å²) in [5.74, 6) is 1.39. The summed E-state index contributed by atoms with van der Waals surface area (Å²) >= 11 is 0. The van der Waals surface area contributed by atoms with E-state index >= 15 is 0 Å². The Morgan fingerprint density at radius 1 is 1.12 bits per heavy atom. The molecule has 4 heteroatoms. The van der Waals surface area contributed by atoms with Crippen LogP contribution in [0.2, 0.25) is 0 Å². The van der Waals surface area contributed by atoms with Crippen molar-refractivity contribution in [3.05, 3.63) is 23.3 Å². The Labute approximate surface area is 94.5 Å². The van der Waals surface area contributed by atoms with E-state index in [4.69, 9.17) is 14.7 Å². The molecule has 0 unspecified atom stereocenters. The van der Waals surface area contributed by atoms with Crippen LogP contribution in [0, 0.1) is 0 Å². The Kier molecular flexibility index (Phi) is 2.99. The van der Waals surface area contributed by atoms with Gasteiger partial charge in [0.05, 0.1) is 19.9 Å². The van der Waals surface area contributed by atoms with E-state index in [0.717, 1.165) is 41.9 Å². The molecule has 0 atom stereocenters. The molecule has 16 heavy (non-hydrogen) atoms. The third-order valence-corrected chi connectivity index (χ3v) is 2.90. The minimum Gasteiger partial charge on any atom is -0.493 e. The molecule has 4 nitrogen and oxygen atoms in total. The van der Waals surface area contributed by atoms with Crippen LogP contribution in [-0.2, 0) is 6.42 Å². The quantitative estimate of drug-likeness (QED) is 0.615. The Hall–Kier alpha value is -1.71. The van der Waals surface area contributed by atoms with Gasteiger partial charge in [0.1, 0.15) is 0 Å². The number of methoxy groups -OCH3 is 2. The third-order valence-electron chi connectivity index (χ3n) is 2.90. The molecule has 0 radical (unpaired) electrons. The summed E-state index contributed by atoms with van der Waals surface area (Å²) in [5, 5.41) is 12.3. The van der Waals surface area contributed by atoms with Gasteiger partial charge in [0.25, 0.3) is 0 Å². The van der Waals surface area contributed by atoms with Crippen molar-refractivity contribution < 1.29 is 14.7 Å². The fourth-order valence-electron chi connectivity index (χ4n) is 2.08. The SMILES string of the molecule is COc1cc2c(cc1OC)/C(=N/O)CCC2. The van der Waals surface area contributed by atoms with E-state index in [1.807, 2.05) is 12.1 Å². The van der Waals surface area contributed by atoms with Gasteiger partial charge in [0.2, 0.25) is 0 Å². The maximum absolute atomic E-state index is 8.94. The van der Waals surface area contributed by atoms with E-state index in [-0.39, 0.29) is 0 Å². The molecule has 0 aliphatic heterocycles. The highest BCUT2D eigenvalue weighted by atomic mass is 16.5. The summed E-state index contributed by atoms with van der Waals surface area (Å²) in [6.07, 6.45) is 2.79. The van der Waals surface area contributed by atoms with Gasteiger partial charge in [0, 0.05) is 5.56 Å². The summed E-state index contributed by atoms with van der Waals surface area (Å²) in [7, 11) is 3.22. The molecule has 2 rings (SSSR count). The topological polar surface area (TPSA) is 51.0 Å². The van der Waals surface area contributed by atoms with Crippen molar-refractivity contribution in [3.8, 4) is 11.5 Å². The highest BCUT2D eigenvalue weighted by molar-refractivity contribution is 6.02. The molecule has 1 N–H and O–H groups in total. The van der Waals surface area contributed by atoms with Gasteiger partial charge < -0.3 is 14.7 Å². The predicted molar refractivity (Wildman–Crippen MR) is 60.8 cm³/mol. The Morgan fingerprint density at radius 3 is 2.44 bits per heavy atom. The first-order valence-electron chi connectivity index (χ1n) is 5.26. The molecule has 1 aromatic carbocycles. The molecule has 86 valence electrons. The van der Waals surface area contributed by atoms with Gasteiger partial charge in [-0.25, -0.2) is 0 Å². The molecular weight excluding hydrogens is 206 g/mol. The molecule has 0 saturated carbocycles. The number of ether oxygens (including phenoxy) is 2. The minimum absolute atomic E-state index is 0.671. The number of rotatable bonds is 2. The average Bonchev–Trinajstić information content (AvgIpc) is 2.36. The first-order valence-corrected chi connectivity index (χ1v) is 5.26. The molecule has 0 saturated heterocycles. The summed E-state index contributed by atoms with van der Waals surface area (Å²) in [6, 6.07) is 3.83. The molecule has 0 spiro atoms. The second kappa shape index (κ2) is 4.43. The van der Waals surface area contributed by atoms with Crippen LogP contribution in [0.25, 0.3) is 0 Å². The lowest BCUT2D eigenvalue weighted by Gasteiger charge is -2.19. The number of nitrogens with zero attached hydrogens (tertiary/aromatic N) is 1. The smallest absolute Gasteiger partial charge is 0.161 e. The van der Waals surface area contributed by atoms with Crippen molar-refractivity contribution in [2.45, 2.75) is 19.3 Å². The van der Waals surface area contributed by atoms with Crippen LogP contribution >= 0.6 is 0 Å². The Balaban J connectivity index is 2.55. The first kappa shape index (κ1) is 10.8. The van der Waals surface area contributed by atoms with Crippen LogP contribution < -0.4 is 9.47 Å². The van der Waals surface area contributed by atoms with Crippen molar-refractivity contribution in [3.63, 3.8) is 0 Å². The van der Waals surface area contributed by atoms with Crippen molar-refractivity contribution >= 4 is 5.71 Å². The van der Waals surface area contributed by atoms with Crippen molar-refractivity contribution in [1.29, 1.82) is 0 Å². The minimum atomic E-state index is 0.671. The molecule has 0 aromatic heterocycles. The molecule has 1 aliphatic carbocycles. The van der Waals surface area contributed by atoms with E-state index in [1.165, 1.54) is 0 Å². The fraction of sp³-hybridized carbons (Fsp3) is 0.417. The second-order valence-corrected chi connectivity index (χ2v) is 3.76. The van der Waals surface area contributed by atoms with Crippen LogP contribution in [0.4, 0.5) is 0 Å². The molecule has 0 heterocycles. The monoisotopic (exact) mass is 221 g/mol. The first-order chi connectivity index (χ1) is 7.80. The van der Waals surface area contributed by atoms with E-state index in [2.05, 4.69) is 5.16 Å². The van der Waals surface area contributed by atoms with E-state index in [1.54, 1.807) is 14.2 Å². The van der Waals surface area contributed by atoms with Crippen LogP contribution in [0.1, 0.15) is 24.0 Å². The zero-order valence-corrected chi connectivity index (χ0v) is 9.49. The Morgan fingerprint density at radius 2 is 1.81 bits per heavy atom. The van der Waals surface area contributed by atoms with Crippen LogP contribution in [0.3, 0.4) is 0 Å². The standard InChI is InChI=1S/C12H15NO3/c1-15-11-6-8-4-3-5-10(13-14)9(8)7-12(11)16-2/h6-7,14H,3-5H2,1-2H3/b13-10+. The van der Waals surface area contributed by atoms with Gasteiger partial charge in [-0.15, -0.1) is 0 Å². The lowest BCUT2D eigenvalue weighted by atomic mass is 9.89. The lowest BCUT2D eigenvalue weighted by molar-refractivity contribution is 0.317. The number of aryl methyl sites for hydroxylation is 1. The van der Waals surface area contributed by atoms with Gasteiger partial charge in [-0.05, 0) is 37.0 Å². The summed E-state index contributed by atoms with van der Waals surface area (Å²) in [6.45, 7) is 0. The van der Waals surface area contributed by atoms with E-state index in [0.29, 0.717) is 5.75 Å². The van der Waals surface area contributed by atoms with Crippen molar-refractivity contribution in [2.24, 2.45) is 5.16 Å².